The number of aliphatic hydroxyl groups excluding tert-OH is 1. The highest BCUT2D eigenvalue weighted by Gasteiger charge is 2.27. The molecule has 1 atom stereocenters. The quantitative estimate of drug-likeness (QED) is 0.932. The predicted octanol–water partition coefficient (Wildman–Crippen LogP) is 3.80. The third-order valence-electron chi connectivity index (χ3n) is 3.44. The fraction of sp³-hybridized carbons (Fsp3) is 0.357. The molecule has 100 valence electrons. The van der Waals surface area contributed by atoms with E-state index in [1.54, 1.807) is 30.7 Å². The summed E-state index contributed by atoms with van der Waals surface area (Å²) in [6.45, 7) is 0. The van der Waals surface area contributed by atoms with Gasteiger partial charge in [0.15, 0.2) is 0 Å². The highest BCUT2D eigenvalue weighted by Crippen LogP contribution is 2.38. The van der Waals surface area contributed by atoms with E-state index in [4.69, 9.17) is 23.2 Å². The Morgan fingerprint density at radius 1 is 1.32 bits per heavy atom. The van der Waals surface area contributed by atoms with E-state index < -0.39 is 6.10 Å². The molecular formula is C14H14Cl2N2O. The van der Waals surface area contributed by atoms with Crippen LogP contribution in [0.3, 0.4) is 0 Å². The molecule has 0 spiro atoms. The Bertz CT molecular complexity index is 573. The van der Waals surface area contributed by atoms with Crippen molar-refractivity contribution >= 4 is 23.2 Å². The van der Waals surface area contributed by atoms with E-state index in [2.05, 4.69) is 9.55 Å². The van der Waals surface area contributed by atoms with E-state index in [1.165, 1.54) is 0 Å². The van der Waals surface area contributed by atoms with Gasteiger partial charge in [-0.05, 0) is 30.5 Å². The second-order valence-corrected chi connectivity index (χ2v) is 5.69. The molecule has 1 fully saturated rings. The molecule has 3 nitrogen and oxygen atoms in total. The van der Waals surface area contributed by atoms with Crippen LogP contribution in [-0.2, 0) is 6.42 Å². The minimum atomic E-state index is -0.638. The molecule has 5 heteroatoms. The molecule has 1 heterocycles. The first-order valence-corrected chi connectivity index (χ1v) is 7.05. The van der Waals surface area contributed by atoms with Crippen LogP contribution in [0.2, 0.25) is 10.0 Å². The minimum absolute atomic E-state index is 0.400. The van der Waals surface area contributed by atoms with Crippen LogP contribution in [-0.4, -0.2) is 14.7 Å². The molecule has 0 bridgehead atoms. The van der Waals surface area contributed by atoms with Crippen LogP contribution in [0.1, 0.15) is 36.2 Å². The second kappa shape index (κ2) is 5.16. The van der Waals surface area contributed by atoms with Gasteiger partial charge in [0.1, 0.15) is 0 Å². The van der Waals surface area contributed by atoms with Crippen molar-refractivity contribution < 1.29 is 5.11 Å². The highest BCUT2D eigenvalue weighted by atomic mass is 35.5. The lowest BCUT2D eigenvalue weighted by Gasteiger charge is -2.15. The molecule has 2 aromatic rings. The number of benzene rings is 1. The van der Waals surface area contributed by atoms with Crippen LogP contribution >= 0.6 is 23.2 Å². The lowest BCUT2D eigenvalue weighted by molar-refractivity contribution is 0.168. The zero-order valence-electron chi connectivity index (χ0n) is 10.3. The van der Waals surface area contributed by atoms with Gasteiger partial charge in [-0.1, -0.05) is 29.3 Å². The van der Waals surface area contributed by atoms with E-state index in [-0.39, 0.29) is 0 Å². The monoisotopic (exact) mass is 296 g/mol. The Labute approximate surface area is 121 Å². The number of hydrogen-bond donors (Lipinski definition) is 1. The molecule has 1 aromatic carbocycles. The fourth-order valence-corrected chi connectivity index (χ4v) is 2.81. The lowest BCUT2D eigenvalue weighted by Crippen LogP contribution is -2.09. The molecule has 3 rings (SSSR count). The van der Waals surface area contributed by atoms with Crippen LogP contribution in [0.25, 0.3) is 0 Å². The van der Waals surface area contributed by atoms with Crippen molar-refractivity contribution in [2.75, 3.05) is 0 Å². The normalized spacial score (nSPS) is 16.6. The maximum Gasteiger partial charge on any atom is 0.0997 e. The summed E-state index contributed by atoms with van der Waals surface area (Å²) in [5, 5.41) is 11.6. The van der Waals surface area contributed by atoms with Crippen LogP contribution in [0.4, 0.5) is 0 Å². The van der Waals surface area contributed by atoms with Gasteiger partial charge in [-0.15, -0.1) is 0 Å². The summed E-state index contributed by atoms with van der Waals surface area (Å²) in [7, 11) is 0. The Hall–Kier alpha value is -1.03. The zero-order valence-corrected chi connectivity index (χ0v) is 11.8. The summed E-state index contributed by atoms with van der Waals surface area (Å²) >= 11 is 12.3. The van der Waals surface area contributed by atoms with Gasteiger partial charge in [-0.2, -0.15) is 0 Å². The summed E-state index contributed by atoms with van der Waals surface area (Å²) < 4.78 is 2.05. The van der Waals surface area contributed by atoms with Gasteiger partial charge in [0.05, 0.1) is 24.3 Å². The second-order valence-electron chi connectivity index (χ2n) is 4.88. The molecule has 0 amide bonds. The highest BCUT2D eigenvalue weighted by molar-refractivity contribution is 6.35. The van der Waals surface area contributed by atoms with Gasteiger partial charge >= 0.3 is 0 Å². The van der Waals surface area contributed by atoms with Gasteiger partial charge in [-0.25, -0.2) is 4.98 Å². The first kappa shape index (κ1) is 13.0. The molecule has 1 N–H and O–H groups in total. The van der Waals surface area contributed by atoms with Gasteiger partial charge in [0, 0.05) is 22.5 Å². The number of aliphatic hydroxyl groups is 1. The van der Waals surface area contributed by atoms with Crippen molar-refractivity contribution in [3.05, 3.63) is 52.0 Å². The van der Waals surface area contributed by atoms with Gasteiger partial charge in [-0.3, -0.25) is 0 Å². The number of aromatic nitrogens is 2. The van der Waals surface area contributed by atoms with Crippen molar-refractivity contribution in [1.82, 2.24) is 9.55 Å². The van der Waals surface area contributed by atoms with Crippen LogP contribution in [0.15, 0.2) is 30.7 Å². The summed E-state index contributed by atoms with van der Waals surface area (Å²) in [6.07, 6.45) is 5.57. The van der Waals surface area contributed by atoms with E-state index in [0.717, 1.165) is 24.1 Å². The van der Waals surface area contributed by atoms with Gasteiger partial charge < -0.3 is 9.67 Å². The van der Waals surface area contributed by atoms with Crippen LogP contribution in [0.5, 0.6) is 0 Å². The molecule has 1 unspecified atom stereocenters. The van der Waals surface area contributed by atoms with E-state index in [0.29, 0.717) is 22.5 Å². The fourth-order valence-electron chi connectivity index (χ4n) is 2.26. The summed E-state index contributed by atoms with van der Waals surface area (Å²) in [5.74, 6) is 0. The summed E-state index contributed by atoms with van der Waals surface area (Å²) in [6, 6.07) is 5.87. The van der Waals surface area contributed by atoms with Crippen molar-refractivity contribution in [3.8, 4) is 0 Å². The average molecular weight is 297 g/mol. The predicted molar refractivity (Wildman–Crippen MR) is 75.6 cm³/mol. The first-order valence-electron chi connectivity index (χ1n) is 6.29. The lowest BCUT2D eigenvalue weighted by atomic mass is 10.1. The van der Waals surface area contributed by atoms with Gasteiger partial charge in [0.2, 0.25) is 0 Å². The molecule has 1 aliphatic rings. The van der Waals surface area contributed by atoms with Crippen molar-refractivity contribution in [3.63, 3.8) is 0 Å². The molecular weight excluding hydrogens is 283 g/mol. The Morgan fingerprint density at radius 3 is 2.63 bits per heavy atom. The standard InChI is InChI=1S/C14H14Cl2N2O/c15-11-2-1-3-12(16)10(11)6-14(19)13-7-17-8-18(13)9-4-5-9/h1-3,7-9,14,19H,4-6H2. The van der Waals surface area contributed by atoms with Crippen LogP contribution < -0.4 is 0 Å². The number of nitrogens with zero attached hydrogens (tertiary/aromatic N) is 2. The Balaban J connectivity index is 1.84. The Morgan fingerprint density at radius 2 is 2.00 bits per heavy atom. The third-order valence-corrected chi connectivity index (χ3v) is 4.15. The van der Waals surface area contributed by atoms with Crippen LogP contribution in [0, 0.1) is 0 Å². The largest absolute Gasteiger partial charge is 0.386 e. The summed E-state index contributed by atoms with van der Waals surface area (Å²) in [5.41, 5.74) is 1.61. The van der Waals surface area contributed by atoms with Crippen molar-refractivity contribution in [1.29, 1.82) is 0 Å². The van der Waals surface area contributed by atoms with Crippen molar-refractivity contribution in [2.45, 2.75) is 31.4 Å². The molecule has 1 aromatic heterocycles. The molecule has 19 heavy (non-hydrogen) atoms. The van der Waals surface area contributed by atoms with E-state index in [9.17, 15) is 5.11 Å². The molecule has 1 saturated carbocycles. The SMILES string of the molecule is OC(Cc1c(Cl)cccc1Cl)c1cncn1C1CC1. The first-order chi connectivity index (χ1) is 9.16. The van der Waals surface area contributed by atoms with Gasteiger partial charge in [0.25, 0.3) is 0 Å². The topological polar surface area (TPSA) is 38.1 Å². The maximum atomic E-state index is 10.4. The smallest absolute Gasteiger partial charge is 0.0997 e. The molecule has 0 saturated heterocycles. The number of imidazole rings is 1. The number of halogens is 2. The molecule has 1 aliphatic carbocycles. The van der Waals surface area contributed by atoms with E-state index in [1.807, 2.05) is 0 Å². The molecule has 0 aliphatic heterocycles. The number of hydrogen-bond acceptors (Lipinski definition) is 2. The Kier molecular flexibility index (Phi) is 3.52. The zero-order chi connectivity index (χ0) is 13.4. The average Bonchev–Trinajstić information content (AvgIpc) is 3.11. The summed E-state index contributed by atoms with van der Waals surface area (Å²) in [4.78, 5) is 4.13. The maximum absolute atomic E-state index is 10.4. The van der Waals surface area contributed by atoms with Crippen molar-refractivity contribution in [2.24, 2.45) is 0 Å². The number of rotatable bonds is 4. The van der Waals surface area contributed by atoms with E-state index >= 15 is 0 Å². The minimum Gasteiger partial charge on any atom is -0.386 e. The third kappa shape index (κ3) is 2.64. The molecule has 0 radical (unpaired) electrons.